The molecule has 0 aliphatic carbocycles. The monoisotopic (exact) mass is 517 g/mol. The van der Waals surface area contributed by atoms with Gasteiger partial charge in [-0.05, 0) is 41.3 Å². The molecule has 0 saturated heterocycles. The number of carbonyl (C=O) groups excluding carboxylic acids is 1. The molecule has 3 aromatic carbocycles. The fourth-order valence-corrected chi connectivity index (χ4v) is 4.48. The van der Waals surface area contributed by atoms with E-state index < -0.39 is 15.9 Å². The molecule has 36 heavy (non-hydrogen) atoms. The average molecular weight is 518 g/mol. The molecule has 0 spiro atoms. The molecule has 6 nitrogen and oxygen atoms in total. The van der Waals surface area contributed by atoms with Crippen LogP contribution in [-0.2, 0) is 16.6 Å². The molecular weight excluding hydrogens is 494 g/mol. The Hall–Kier alpha value is -3.94. The van der Waals surface area contributed by atoms with Crippen LogP contribution in [0.3, 0.4) is 0 Å². The van der Waals surface area contributed by atoms with Gasteiger partial charge in [0.15, 0.2) is 0 Å². The van der Waals surface area contributed by atoms with E-state index in [-0.39, 0.29) is 5.69 Å². The number of halogens is 1. The predicted molar refractivity (Wildman–Crippen MR) is 145 cm³/mol. The first-order valence-electron chi connectivity index (χ1n) is 11.1. The van der Waals surface area contributed by atoms with Crippen LogP contribution in [0, 0.1) is 6.92 Å². The van der Waals surface area contributed by atoms with Crippen molar-refractivity contribution < 1.29 is 13.2 Å². The van der Waals surface area contributed by atoms with Crippen molar-refractivity contribution in [3.8, 4) is 0 Å². The van der Waals surface area contributed by atoms with Gasteiger partial charge in [0.05, 0.1) is 12.0 Å². The number of rotatable bonds is 8. The summed E-state index contributed by atoms with van der Waals surface area (Å²) in [6.45, 7) is 2.12. The molecule has 1 heterocycles. The van der Waals surface area contributed by atoms with Gasteiger partial charge in [-0.15, -0.1) is 0 Å². The van der Waals surface area contributed by atoms with Crippen LogP contribution in [0.4, 0.5) is 0 Å². The molecule has 1 aromatic heterocycles. The van der Waals surface area contributed by atoms with Crippen LogP contribution in [0.2, 0.25) is 5.02 Å². The number of benzene rings is 3. The first kappa shape index (κ1) is 25.2. The molecule has 0 aliphatic heterocycles. The smallest absolute Gasteiger partial charge is 0.285 e. The van der Waals surface area contributed by atoms with Crippen LogP contribution in [-0.4, -0.2) is 23.9 Å². The van der Waals surface area contributed by atoms with Gasteiger partial charge in [0.2, 0.25) is 0 Å². The molecule has 0 bridgehead atoms. The van der Waals surface area contributed by atoms with Crippen LogP contribution in [0.15, 0.2) is 90.5 Å². The standard InChI is InChI=1S/C28H24ClN3O3S/c1-21-30-27(28(33)31-36(34,35)17-16-23-10-6-3-7-11-23)20-32(21)19-25-15-14-24(18-26(25)29)13-12-22-8-4-2-5-9-22/h2-18,20H,19H2,1H3,(H,31,33). The van der Waals surface area contributed by atoms with Crippen molar-refractivity contribution in [2.24, 2.45) is 0 Å². The van der Waals surface area contributed by atoms with E-state index in [1.807, 2.05) is 71.5 Å². The van der Waals surface area contributed by atoms with Gasteiger partial charge in [0.25, 0.3) is 15.9 Å². The maximum Gasteiger partial charge on any atom is 0.285 e. The summed E-state index contributed by atoms with van der Waals surface area (Å²) >= 11 is 6.52. The zero-order valence-corrected chi connectivity index (χ0v) is 21.1. The van der Waals surface area contributed by atoms with Gasteiger partial charge in [-0.2, -0.15) is 0 Å². The van der Waals surface area contributed by atoms with Gasteiger partial charge in [0, 0.05) is 11.2 Å². The van der Waals surface area contributed by atoms with Gasteiger partial charge in [-0.3, -0.25) is 4.79 Å². The van der Waals surface area contributed by atoms with Crippen LogP contribution in [0.5, 0.6) is 0 Å². The summed E-state index contributed by atoms with van der Waals surface area (Å²) in [6, 6.07) is 24.7. The third kappa shape index (κ3) is 6.81. The number of sulfonamides is 1. The summed E-state index contributed by atoms with van der Waals surface area (Å²) < 4.78 is 28.4. The van der Waals surface area contributed by atoms with Crippen LogP contribution < -0.4 is 4.72 Å². The maximum absolute atomic E-state index is 12.6. The molecule has 4 rings (SSSR count). The first-order valence-corrected chi connectivity index (χ1v) is 13.1. The summed E-state index contributed by atoms with van der Waals surface area (Å²) in [5, 5.41) is 1.54. The molecule has 182 valence electrons. The topological polar surface area (TPSA) is 81.1 Å². The lowest BCUT2D eigenvalue weighted by atomic mass is 10.1. The zero-order valence-electron chi connectivity index (χ0n) is 19.5. The number of carbonyl (C=O) groups is 1. The van der Waals surface area contributed by atoms with Gasteiger partial charge in [0.1, 0.15) is 11.5 Å². The lowest BCUT2D eigenvalue weighted by Crippen LogP contribution is -2.29. The Balaban J connectivity index is 1.43. The number of aromatic nitrogens is 2. The summed E-state index contributed by atoms with van der Waals surface area (Å²) in [7, 11) is -3.98. The Bertz CT molecular complexity index is 1530. The highest BCUT2D eigenvalue weighted by atomic mass is 35.5. The van der Waals surface area contributed by atoms with E-state index in [1.165, 1.54) is 12.3 Å². The fourth-order valence-electron chi connectivity index (χ4n) is 3.46. The number of aryl methyl sites for hydroxylation is 1. The molecule has 0 saturated carbocycles. The maximum atomic E-state index is 12.6. The summed E-state index contributed by atoms with van der Waals surface area (Å²) in [4.78, 5) is 16.8. The molecule has 8 heteroatoms. The van der Waals surface area contributed by atoms with Gasteiger partial charge < -0.3 is 4.57 Å². The second kappa shape index (κ2) is 11.2. The number of amides is 1. The van der Waals surface area contributed by atoms with Crippen molar-refractivity contribution in [1.29, 1.82) is 0 Å². The number of nitrogens with one attached hydrogen (secondary N) is 1. The second-order valence-electron chi connectivity index (χ2n) is 8.09. The van der Waals surface area contributed by atoms with E-state index in [0.717, 1.165) is 22.1 Å². The van der Waals surface area contributed by atoms with Crippen molar-refractivity contribution in [2.45, 2.75) is 13.5 Å². The molecular formula is C28H24ClN3O3S. The van der Waals surface area contributed by atoms with Crippen molar-refractivity contribution in [1.82, 2.24) is 14.3 Å². The predicted octanol–water partition coefficient (Wildman–Crippen LogP) is 5.79. The highest BCUT2D eigenvalue weighted by Gasteiger charge is 2.18. The summed E-state index contributed by atoms with van der Waals surface area (Å²) in [6.07, 6.45) is 6.93. The minimum Gasteiger partial charge on any atom is -0.330 e. The number of hydrogen-bond donors (Lipinski definition) is 1. The Labute approximate surface area is 215 Å². The highest BCUT2D eigenvalue weighted by Crippen LogP contribution is 2.21. The molecule has 4 aromatic rings. The first-order chi connectivity index (χ1) is 17.3. The SMILES string of the molecule is Cc1nc(C(=O)NS(=O)(=O)C=Cc2ccccc2)cn1Cc1ccc(C=Cc2ccccc2)cc1Cl. The lowest BCUT2D eigenvalue weighted by Gasteiger charge is -2.08. The minimum absolute atomic E-state index is 0.00252. The fraction of sp³-hybridized carbons (Fsp3) is 0.0714. The largest absolute Gasteiger partial charge is 0.330 e. The molecule has 0 fully saturated rings. The Morgan fingerprint density at radius 3 is 2.17 bits per heavy atom. The van der Waals surface area contributed by atoms with Crippen LogP contribution >= 0.6 is 11.6 Å². The third-order valence-corrected chi connectivity index (χ3v) is 6.68. The zero-order chi connectivity index (χ0) is 25.5. The van der Waals surface area contributed by atoms with Crippen molar-refractivity contribution in [2.75, 3.05) is 0 Å². The minimum atomic E-state index is -3.98. The van der Waals surface area contributed by atoms with Crippen LogP contribution in [0.25, 0.3) is 18.2 Å². The second-order valence-corrected chi connectivity index (χ2v) is 10.1. The molecule has 0 radical (unpaired) electrons. The van der Waals surface area contributed by atoms with E-state index in [4.69, 9.17) is 11.6 Å². The average Bonchev–Trinajstić information content (AvgIpc) is 3.24. The van der Waals surface area contributed by atoms with Crippen molar-refractivity contribution in [3.63, 3.8) is 0 Å². The normalized spacial score (nSPS) is 11.8. The third-order valence-electron chi connectivity index (χ3n) is 5.37. The van der Waals surface area contributed by atoms with Crippen molar-refractivity contribution in [3.05, 3.63) is 129 Å². The molecule has 0 unspecified atom stereocenters. The van der Waals surface area contributed by atoms with Gasteiger partial charge in [-0.1, -0.05) is 96.5 Å². The van der Waals surface area contributed by atoms with E-state index in [2.05, 4.69) is 4.98 Å². The van der Waals surface area contributed by atoms with Crippen LogP contribution in [0.1, 0.15) is 38.6 Å². The molecule has 0 atom stereocenters. The summed E-state index contributed by atoms with van der Waals surface area (Å²) in [5.74, 6) is -0.247. The van der Waals surface area contributed by atoms with E-state index in [9.17, 15) is 13.2 Å². The van der Waals surface area contributed by atoms with E-state index in [1.54, 1.807) is 35.8 Å². The number of nitrogens with zero attached hydrogens (tertiary/aromatic N) is 2. The van der Waals surface area contributed by atoms with Gasteiger partial charge >= 0.3 is 0 Å². The number of imidazole rings is 1. The Morgan fingerprint density at radius 2 is 1.53 bits per heavy atom. The Morgan fingerprint density at radius 1 is 0.917 bits per heavy atom. The summed E-state index contributed by atoms with van der Waals surface area (Å²) in [5.41, 5.74) is 3.61. The van der Waals surface area contributed by atoms with Crippen molar-refractivity contribution >= 4 is 45.8 Å². The van der Waals surface area contributed by atoms with Gasteiger partial charge in [-0.25, -0.2) is 18.1 Å². The highest BCUT2D eigenvalue weighted by molar-refractivity contribution is 7.93. The van der Waals surface area contributed by atoms with E-state index >= 15 is 0 Å². The Kier molecular flexibility index (Phi) is 7.83. The number of hydrogen-bond acceptors (Lipinski definition) is 4. The van der Waals surface area contributed by atoms with E-state index in [0.29, 0.717) is 23.0 Å². The molecule has 1 N–H and O–H groups in total. The quantitative estimate of drug-likeness (QED) is 0.300. The lowest BCUT2D eigenvalue weighted by molar-refractivity contribution is 0.0977. The molecule has 1 amide bonds. The molecule has 0 aliphatic rings.